The molecule has 0 saturated carbocycles. The molecule has 0 heterocycles. The predicted molar refractivity (Wildman–Crippen MR) is 79.8 cm³/mol. The van der Waals surface area contributed by atoms with Crippen molar-refractivity contribution in [3.05, 3.63) is 10.4 Å². The number of Topliss-reactive ketones (excluding diaryl/α,β-unsaturated/α-hetero) is 1. The molecule has 1 N–H and O–H groups in total. The first-order valence-electron chi connectivity index (χ1n) is 6.40. The number of nitrogens with zero attached hydrogens (tertiary/aromatic N) is 3. The number of ether oxygens (including phenoxy) is 1. The van der Waals surface area contributed by atoms with E-state index >= 15 is 0 Å². The number of rotatable bonds is 8. The largest absolute Gasteiger partial charge is 0.444 e. The minimum atomic E-state index is -0.638. The van der Waals surface area contributed by atoms with Gasteiger partial charge in [0.15, 0.2) is 5.78 Å². The quantitative estimate of drug-likeness (QED) is 0.239. The van der Waals surface area contributed by atoms with E-state index in [1.165, 1.54) is 0 Å². The topological polar surface area (TPSA) is 104 Å². The van der Waals surface area contributed by atoms with E-state index in [1.807, 2.05) is 0 Å². The van der Waals surface area contributed by atoms with Gasteiger partial charge in [-0.2, -0.15) is 0 Å². The molecule has 0 aromatic rings. The summed E-state index contributed by atoms with van der Waals surface area (Å²) in [7, 11) is 0. The van der Waals surface area contributed by atoms with E-state index in [2.05, 4.69) is 31.3 Å². The Hall–Kier alpha value is -1.27. The maximum Gasteiger partial charge on any atom is 0.407 e. The Labute approximate surface area is 127 Å². The van der Waals surface area contributed by atoms with E-state index in [0.29, 0.717) is 25.8 Å². The van der Waals surface area contributed by atoms with Crippen LogP contribution in [0.5, 0.6) is 0 Å². The maximum absolute atomic E-state index is 11.4. The summed E-state index contributed by atoms with van der Waals surface area (Å²) in [6.07, 6.45) is 1.38. The average molecular weight is 349 g/mol. The van der Waals surface area contributed by atoms with Gasteiger partial charge in [0, 0.05) is 11.5 Å². The molecule has 0 aromatic carbocycles. The predicted octanol–water partition coefficient (Wildman–Crippen LogP) is 3.32. The lowest BCUT2D eigenvalue weighted by Crippen LogP contribution is -2.33. The van der Waals surface area contributed by atoms with Crippen molar-refractivity contribution >= 4 is 27.8 Å². The van der Waals surface area contributed by atoms with Crippen molar-refractivity contribution in [1.29, 1.82) is 0 Å². The van der Waals surface area contributed by atoms with Gasteiger partial charge in [-0.15, -0.1) is 0 Å². The molecule has 0 spiro atoms. The Balaban J connectivity index is 3.87. The normalized spacial score (nSPS) is 12.2. The van der Waals surface area contributed by atoms with E-state index in [1.54, 1.807) is 20.8 Å². The lowest BCUT2D eigenvalue weighted by Gasteiger charge is -2.19. The minimum absolute atomic E-state index is 0.136. The molecule has 0 unspecified atom stereocenters. The first-order valence-corrected chi connectivity index (χ1v) is 7.52. The standard InChI is InChI=1S/C12H21BrN4O3/c1-12(2,3)20-11(19)15-7-5-4-6-9(16-17-14)10(18)8-13/h9H,4-8H2,1-3H3,(H,15,19)/t9-/m0/s1. The van der Waals surface area contributed by atoms with E-state index < -0.39 is 17.7 Å². The Bertz CT molecular complexity index is 375. The summed E-state index contributed by atoms with van der Waals surface area (Å²) in [5.74, 6) is -0.136. The Morgan fingerprint density at radius 2 is 2.05 bits per heavy atom. The SMILES string of the molecule is CC(C)(C)OC(=O)NCCCC[C@H](N=[N+]=[N-])C(=O)CBr. The van der Waals surface area contributed by atoms with Crippen LogP contribution in [0.2, 0.25) is 0 Å². The van der Waals surface area contributed by atoms with Crippen LogP contribution in [-0.2, 0) is 9.53 Å². The van der Waals surface area contributed by atoms with Crippen LogP contribution in [-0.4, -0.2) is 35.4 Å². The fourth-order valence-corrected chi connectivity index (χ4v) is 1.78. The summed E-state index contributed by atoms with van der Waals surface area (Å²) in [5, 5.41) is 6.27. The minimum Gasteiger partial charge on any atom is -0.444 e. The number of halogens is 1. The first kappa shape index (κ1) is 18.7. The summed E-state index contributed by atoms with van der Waals surface area (Å²) >= 11 is 3.05. The van der Waals surface area contributed by atoms with Crippen LogP contribution in [0.1, 0.15) is 40.0 Å². The van der Waals surface area contributed by atoms with Crippen LogP contribution >= 0.6 is 15.9 Å². The van der Waals surface area contributed by atoms with Crippen molar-refractivity contribution in [2.24, 2.45) is 5.11 Å². The third-order valence-corrected chi connectivity index (χ3v) is 2.82. The molecule has 114 valence electrons. The number of hydrogen-bond donors (Lipinski definition) is 1. The van der Waals surface area contributed by atoms with Gasteiger partial charge in [0.1, 0.15) is 5.60 Å². The second kappa shape index (κ2) is 9.61. The second-order valence-corrected chi connectivity index (χ2v) is 5.81. The number of azide groups is 1. The zero-order valence-corrected chi connectivity index (χ0v) is 13.6. The summed E-state index contributed by atoms with van der Waals surface area (Å²) in [5.41, 5.74) is 7.87. The van der Waals surface area contributed by atoms with Gasteiger partial charge in [-0.3, -0.25) is 4.79 Å². The Morgan fingerprint density at radius 1 is 1.40 bits per heavy atom. The fraction of sp³-hybridized carbons (Fsp3) is 0.833. The average Bonchev–Trinajstić information content (AvgIpc) is 2.34. The second-order valence-electron chi connectivity index (χ2n) is 5.25. The molecule has 0 radical (unpaired) electrons. The van der Waals surface area contributed by atoms with Crippen molar-refractivity contribution in [3.8, 4) is 0 Å². The molecule has 0 rings (SSSR count). The van der Waals surface area contributed by atoms with Gasteiger partial charge in [0.2, 0.25) is 0 Å². The highest BCUT2D eigenvalue weighted by atomic mass is 79.9. The van der Waals surface area contributed by atoms with Crippen LogP contribution in [0.4, 0.5) is 4.79 Å². The lowest BCUT2D eigenvalue weighted by atomic mass is 10.1. The monoisotopic (exact) mass is 348 g/mol. The third kappa shape index (κ3) is 9.63. The molecule has 0 aliphatic heterocycles. The van der Waals surface area contributed by atoms with Crippen molar-refractivity contribution in [2.45, 2.75) is 51.7 Å². The molecule has 7 nitrogen and oxygen atoms in total. The van der Waals surface area contributed by atoms with Crippen molar-refractivity contribution in [2.75, 3.05) is 11.9 Å². The van der Waals surface area contributed by atoms with Gasteiger partial charge in [-0.25, -0.2) is 4.79 Å². The van der Waals surface area contributed by atoms with Crippen LogP contribution in [0, 0.1) is 0 Å². The number of hydrogen-bond acceptors (Lipinski definition) is 4. The van der Waals surface area contributed by atoms with Gasteiger partial charge in [-0.05, 0) is 39.1 Å². The molecule has 20 heavy (non-hydrogen) atoms. The van der Waals surface area contributed by atoms with Crippen LogP contribution < -0.4 is 5.32 Å². The molecule has 0 aliphatic rings. The van der Waals surface area contributed by atoms with E-state index in [4.69, 9.17) is 10.3 Å². The van der Waals surface area contributed by atoms with Crippen LogP contribution in [0.3, 0.4) is 0 Å². The Morgan fingerprint density at radius 3 is 2.55 bits per heavy atom. The number of nitrogens with one attached hydrogen (secondary N) is 1. The zero-order chi connectivity index (χ0) is 15.6. The molecule has 1 amide bonds. The van der Waals surface area contributed by atoms with Crippen molar-refractivity contribution < 1.29 is 14.3 Å². The van der Waals surface area contributed by atoms with Crippen molar-refractivity contribution in [3.63, 3.8) is 0 Å². The summed E-state index contributed by atoms with van der Waals surface area (Å²) in [6, 6.07) is -0.638. The number of alkyl carbamates (subject to hydrolysis) is 1. The number of carbonyl (C=O) groups excluding carboxylic acids is 2. The number of alkyl halides is 1. The molecule has 0 bridgehead atoms. The van der Waals surface area contributed by atoms with E-state index in [-0.39, 0.29) is 11.1 Å². The fourth-order valence-electron chi connectivity index (χ4n) is 1.40. The molecule has 0 aromatic heterocycles. The molecular formula is C12H21BrN4O3. The van der Waals surface area contributed by atoms with E-state index in [9.17, 15) is 9.59 Å². The highest BCUT2D eigenvalue weighted by molar-refractivity contribution is 9.09. The molecule has 0 saturated heterocycles. The van der Waals surface area contributed by atoms with Gasteiger partial charge >= 0.3 is 6.09 Å². The highest BCUT2D eigenvalue weighted by Crippen LogP contribution is 2.09. The van der Waals surface area contributed by atoms with Gasteiger partial charge in [0.25, 0.3) is 0 Å². The van der Waals surface area contributed by atoms with E-state index in [0.717, 1.165) is 0 Å². The number of amides is 1. The molecular weight excluding hydrogens is 328 g/mol. The third-order valence-electron chi connectivity index (χ3n) is 2.27. The summed E-state index contributed by atoms with van der Waals surface area (Å²) in [4.78, 5) is 25.4. The number of ketones is 1. The zero-order valence-electron chi connectivity index (χ0n) is 12.1. The summed E-state index contributed by atoms with van der Waals surface area (Å²) < 4.78 is 5.08. The van der Waals surface area contributed by atoms with Crippen molar-refractivity contribution in [1.82, 2.24) is 5.32 Å². The lowest BCUT2D eigenvalue weighted by molar-refractivity contribution is -0.117. The highest BCUT2D eigenvalue weighted by Gasteiger charge is 2.16. The van der Waals surface area contributed by atoms with Crippen LogP contribution in [0.25, 0.3) is 10.4 Å². The Kier molecular flexibility index (Phi) is 9.00. The molecule has 0 fully saturated rings. The summed E-state index contributed by atoms with van der Waals surface area (Å²) in [6.45, 7) is 5.84. The number of unbranched alkanes of at least 4 members (excludes halogenated alkanes) is 1. The van der Waals surface area contributed by atoms with Gasteiger partial charge in [0.05, 0.1) is 11.4 Å². The molecule has 8 heteroatoms. The molecule has 0 aliphatic carbocycles. The first-order chi connectivity index (χ1) is 9.30. The molecule has 1 atom stereocenters. The van der Waals surface area contributed by atoms with Gasteiger partial charge in [-0.1, -0.05) is 27.5 Å². The smallest absolute Gasteiger partial charge is 0.407 e. The maximum atomic E-state index is 11.4. The van der Waals surface area contributed by atoms with Gasteiger partial charge < -0.3 is 10.1 Å². The number of carbonyl (C=O) groups is 2. The van der Waals surface area contributed by atoms with Crippen LogP contribution in [0.15, 0.2) is 5.11 Å².